The number of piperidine rings is 1. The normalized spacial score (nSPS) is 18.4. The molecule has 1 aromatic rings. The van der Waals surface area contributed by atoms with E-state index in [0.29, 0.717) is 0 Å². The van der Waals surface area contributed by atoms with Gasteiger partial charge in [0, 0.05) is 13.1 Å². The van der Waals surface area contributed by atoms with Crippen LogP contribution in [0.4, 0.5) is 5.69 Å². The molecule has 18 heavy (non-hydrogen) atoms. The van der Waals surface area contributed by atoms with Crippen LogP contribution in [-0.4, -0.2) is 48.5 Å². The Hall–Kier alpha value is -1.13. The number of aromatic nitrogens is 1. The fourth-order valence-electron chi connectivity index (χ4n) is 2.60. The van der Waals surface area contributed by atoms with E-state index in [4.69, 9.17) is 5.73 Å². The maximum Gasteiger partial charge on any atom is 0.0545 e. The average molecular weight is 248 g/mol. The zero-order valence-corrected chi connectivity index (χ0v) is 11.5. The van der Waals surface area contributed by atoms with Gasteiger partial charge in [0.2, 0.25) is 0 Å². The van der Waals surface area contributed by atoms with Gasteiger partial charge < -0.3 is 10.6 Å². The van der Waals surface area contributed by atoms with Crippen LogP contribution in [-0.2, 0) is 6.54 Å². The third-order valence-electron chi connectivity index (χ3n) is 3.56. The molecule has 1 aliphatic heterocycles. The molecule has 1 saturated heterocycles. The number of nitrogen functional groups attached to an aromatic ring is 1. The van der Waals surface area contributed by atoms with Crippen molar-refractivity contribution in [2.75, 3.05) is 39.5 Å². The van der Waals surface area contributed by atoms with Crippen LogP contribution in [0, 0.1) is 5.92 Å². The van der Waals surface area contributed by atoms with Gasteiger partial charge in [0.15, 0.2) is 0 Å². The molecule has 1 fully saturated rings. The van der Waals surface area contributed by atoms with E-state index in [1.54, 1.807) is 6.20 Å². The van der Waals surface area contributed by atoms with E-state index in [1.165, 1.54) is 32.5 Å². The molecule has 0 atom stereocenters. The lowest BCUT2D eigenvalue weighted by Gasteiger charge is -2.32. The van der Waals surface area contributed by atoms with Crippen LogP contribution in [0.25, 0.3) is 0 Å². The minimum absolute atomic E-state index is 0.739. The van der Waals surface area contributed by atoms with Crippen molar-refractivity contribution in [2.45, 2.75) is 19.4 Å². The standard InChI is InChI=1S/C14H24N4/c1-17(2)10-12-5-7-18(8-6-12)11-14-4-3-13(15)9-16-14/h3-4,9,12H,5-8,10-11,15H2,1-2H3. The number of hydrogen-bond donors (Lipinski definition) is 1. The van der Waals surface area contributed by atoms with Gasteiger partial charge in [-0.15, -0.1) is 0 Å². The van der Waals surface area contributed by atoms with Crippen LogP contribution in [0.15, 0.2) is 18.3 Å². The third-order valence-corrected chi connectivity index (χ3v) is 3.56. The second-order valence-corrected chi connectivity index (χ2v) is 5.56. The number of nitrogens with zero attached hydrogens (tertiary/aromatic N) is 3. The number of pyridine rings is 1. The highest BCUT2D eigenvalue weighted by Gasteiger charge is 2.19. The lowest BCUT2D eigenvalue weighted by molar-refractivity contribution is 0.155. The molecule has 0 aliphatic carbocycles. The minimum atomic E-state index is 0.739. The molecule has 2 rings (SSSR count). The van der Waals surface area contributed by atoms with Gasteiger partial charge in [0.1, 0.15) is 0 Å². The molecule has 4 nitrogen and oxygen atoms in total. The highest BCUT2D eigenvalue weighted by molar-refractivity contribution is 5.34. The quantitative estimate of drug-likeness (QED) is 0.876. The molecule has 2 N–H and O–H groups in total. The number of likely N-dealkylation sites (tertiary alicyclic amines) is 1. The topological polar surface area (TPSA) is 45.4 Å². The van der Waals surface area contributed by atoms with Gasteiger partial charge in [-0.1, -0.05) is 0 Å². The van der Waals surface area contributed by atoms with Crippen molar-refractivity contribution in [3.05, 3.63) is 24.0 Å². The first-order valence-electron chi connectivity index (χ1n) is 6.71. The molecule has 2 heterocycles. The summed E-state index contributed by atoms with van der Waals surface area (Å²) in [7, 11) is 4.31. The van der Waals surface area contributed by atoms with Crippen molar-refractivity contribution in [1.82, 2.24) is 14.8 Å². The largest absolute Gasteiger partial charge is 0.397 e. The molecule has 100 valence electrons. The summed E-state index contributed by atoms with van der Waals surface area (Å²) in [6, 6.07) is 3.96. The molecule has 4 heteroatoms. The molecule has 1 aliphatic rings. The van der Waals surface area contributed by atoms with E-state index in [0.717, 1.165) is 23.8 Å². The van der Waals surface area contributed by atoms with E-state index in [9.17, 15) is 0 Å². The molecule has 0 spiro atoms. The molecule has 1 aromatic heterocycles. The molecule has 0 bridgehead atoms. The van der Waals surface area contributed by atoms with Gasteiger partial charge in [0.25, 0.3) is 0 Å². The van der Waals surface area contributed by atoms with Crippen molar-refractivity contribution >= 4 is 5.69 Å². The van der Waals surface area contributed by atoms with E-state index in [2.05, 4.69) is 28.9 Å². The van der Waals surface area contributed by atoms with Gasteiger partial charge in [-0.2, -0.15) is 0 Å². The van der Waals surface area contributed by atoms with Crippen molar-refractivity contribution in [3.8, 4) is 0 Å². The predicted octanol–water partition coefficient (Wildman–Crippen LogP) is 1.44. The predicted molar refractivity (Wildman–Crippen MR) is 75.2 cm³/mol. The van der Waals surface area contributed by atoms with Crippen molar-refractivity contribution < 1.29 is 0 Å². The summed E-state index contributed by atoms with van der Waals surface area (Å²) in [5.74, 6) is 0.857. The summed E-state index contributed by atoms with van der Waals surface area (Å²) in [6.45, 7) is 4.54. The zero-order valence-electron chi connectivity index (χ0n) is 11.5. The molecular weight excluding hydrogens is 224 g/mol. The number of rotatable bonds is 4. The summed E-state index contributed by atoms with van der Waals surface area (Å²) in [4.78, 5) is 9.15. The first-order valence-corrected chi connectivity index (χ1v) is 6.71. The Morgan fingerprint density at radius 1 is 1.33 bits per heavy atom. The van der Waals surface area contributed by atoms with E-state index < -0.39 is 0 Å². The molecule has 0 saturated carbocycles. The molecule has 0 unspecified atom stereocenters. The summed E-state index contributed by atoms with van der Waals surface area (Å²) >= 11 is 0. The molecule has 0 radical (unpaired) electrons. The summed E-state index contributed by atoms with van der Waals surface area (Å²) in [5, 5.41) is 0. The number of nitrogens with two attached hydrogens (primary N) is 1. The fraction of sp³-hybridized carbons (Fsp3) is 0.643. The SMILES string of the molecule is CN(C)CC1CCN(Cc2ccc(N)cn2)CC1. The molecular formula is C14H24N4. The maximum absolute atomic E-state index is 5.64. The second-order valence-electron chi connectivity index (χ2n) is 5.56. The van der Waals surface area contributed by atoms with E-state index in [1.807, 2.05) is 12.1 Å². The maximum atomic E-state index is 5.64. The summed E-state index contributed by atoms with van der Waals surface area (Å²) < 4.78 is 0. The Labute approximate surface area is 110 Å². The average Bonchev–Trinajstić information content (AvgIpc) is 2.34. The van der Waals surface area contributed by atoms with Crippen LogP contribution in [0.2, 0.25) is 0 Å². The fourth-order valence-corrected chi connectivity index (χ4v) is 2.60. The van der Waals surface area contributed by atoms with Crippen LogP contribution < -0.4 is 5.73 Å². The summed E-state index contributed by atoms with van der Waals surface area (Å²) in [5.41, 5.74) is 7.50. The second kappa shape index (κ2) is 6.16. The van der Waals surface area contributed by atoms with Crippen LogP contribution in [0.5, 0.6) is 0 Å². The first kappa shape index (κ1) is 13.3. The van der Waals surface area contributed by atoms with E-state index in [-0.39, 0.29) is 0 Å². The van der Waals surface area contributed by atoms with Gasteiger partial charge in [-0.3, -0.25) is 9.88 Å². The molecule has 0 amide bonds. The van der Waals surface area contributed by atoms with Crippen molar-refractivity contribution in [2.24, 2.45) is 5.92 Å². The minimum Gasteiger partial charge on any atom is -0.397 e. The Morgan fingerprint density at radius 3 is 2.61 bits per heavy atom. The zero-order chi connectivity index (χ0) is 13.0. The Morgan fingerprint density at radius 2 is 2.06 bits per heavy atom. The van der Waals surface area contributed by atoms with Gasteiger partial charge in [-0.25, -0.2) is 0 Å². The van der Waals surface area contributed by atoms with Crippen molar-refractivity contribution in [3.63, 3.8) is 0 Å². The van der Waals surface area contributed by atoms with Crippen molar-refractivity contribution in [1.29, 1.82) is 0 Å². The number of hydrogen-bond acceptors (Lipinski definition) is 4. The molecule has 0 aromatic carbocycles. The Bertz CT molecular complexity index is 353. The lowest BCUT2D eigenvalue weighted by Crippen LogP contribution is -2.36. The highest BCUT2D eigenvalue weighted by Crippen LogP contribution is 2.19. The lowest BCUT2D eigenvalue weighted by atomic mass is 9.96. The smallest absolute Gasteiger partial charge is 0.0545 e. The van der Waals surface area contributed by atoms with Gasteiger partial charge in [0.05, 0.1) is 17.6 Å². The summed E-state index contributed by atoms with van der Waals surface area (Å²) in [6.07, 6.45) is 4.34. The highest BCUT2D eigenvalue weighted by atomic mass is 15.1. The van der Waals surface area contributed by atoms with Gasteiger partial charge in [-0.05, 0) is 58.1 Å². The first-order chi connectivity index (χ1) is 8.63. The Balaban J connectivity index is 1.78. The van der Waals surface area contributed by atoms with E-state index >= 15 is 0 Å². The number of anilines is 1. The third kappa shape index (κ3) is 3.96. The van der Waals surface area contributed by atoms with Gasteiger partial charge >= 0.3 is 0 Å². The van der Waals surface area contributed by atoms with Crippen LogP contribution >= 0.6 is 0 Å². The van der Waals surface area contributed by atoms with Crippen LogP contribution in [0.1, 0.15) is 18.5 Å². The Kier molecular flexibility index (Phi) is 4.55. The van der Waals surface area contributed by atoms with Crippen LogP contribution in [0.3, 0.4) is 0 Å². The monoisotopic (exact) mass is 248 g/mol.